The van der Waals surface area contributed by atoms with Crippen LogP contribution in [-0.4, -0.2) is 27.0 Å². The van der Waals surface area contributed by atoms with Crippen molar-refractivity contribution in [1.29, 1.82) is 0 Å². The summed E-state index contributed by atoms with van der Waals surface area (Å²) in [6, 6.07) is 9.77. The van der Waals surface area contributed by atoms with E-state index in [1.54, 1.807) is 6.07 Å². The second-order valence-electron chi connectivity index (χ2n) is 5.79. The summed E-state index contributed by atoms with van der Waals surface area (Å²) in [4.78, 5) is 15.8. The Balaban J connectivity index is 1.68. The first-order valence-electron chi connectivity index (χ1n) is 7.42. The lowest BCUT2D eigenvalue weighted by atomic mass is 10.1. The molecule has 0 aliphatic carbocycles. The molecule has 0 unspecified atom stereocenters. The van der Waals surface area contributed by atoms with Gasteiger partial charge in [0.05, 0.1) is 10.4 Å². The second-order valence-corrected chi connectivity index (χ2v) is 7.48. The van der Waals surface area contributed by atoms with Crippen molar-refractivity contribution in [2.24, 2.45) is 0 Å². The van der Waals surface area contributed by atoms with Crippen LogP contribution in [0.1, 0.15) is 5.56 Å². The fourth-order valence-electron chi connectivity index (χ4n) is 2.94. The van der Waals surface area contributed by atoms with Crippen LogP contribution in [0.2, 0.25) is 0 Å². The van der Waals surface area contributed by atoms with Crippen molar-refractivity contribution in [1.82, 2.24) is 4.98 Å². The quantitative estimate of drug-likeness (QED) is 0.756. The van der Waals surface area contributed by atoms with E-state index in [2.05, 4.69) is 14.6 Å². The van der Waals surface area contributed by atoms with Gasteiger partial charge in [-0.25, -0.2) is 13.2 Å². The normalized spacial score (nSPS) is 14.1. The van der Waals surface area contributed by atoms with Gasteiger partial charge in [-0.05, 0) is 42.3 Å². The Bertz CT molecular complexity index is 1100. The van der Waals surface area contributed by atoms with Gasteiger partial charge in [-0.3, -0.25) is 9.71 Å². The molecule has 0 saturated heterocycles. The molecule has 1 aromatic heterocycles. The van der Waals surface area contributed by atoms with Gasteiger partial charge in [0, 0.05) is 31.0 Å². The Kier molecular flexibility index (Phi) is 3.17. The Morgan fingerprint density at radius 1 is 1.21 bits per heavy atom. The summed E-state index contributed by atoms with van der Waals surface area (Å²) in [6.07, 6.45) is 0.891. The van der Waals surface area contributed by atoms with Gasteiger partial charge in [-0.1, -0.05) is 0 Å². The van der Waals surface area contributed by atoms with E-state index < -0.39 is 15.8 Å². The predicted octanol–water partition coefficient (Wildman–Crippen LogP) is 1.91. The summed E-state index contributed by atoms with van der Waals surface area (Å²) in [5.41, 5.74) is 3.41. The molecule has 0 saturated carbocycles. The van der Waals surface area contributed by atoms with Crippen LogP contribution < -0.4 is 15.4 Å². The van der Waals surface area contributed by atoms with Crippen LogP contribution in [0.5, 0.6) is 0 Å². The van der Waals surface area contributed by atoms with Crippen LogP contribution in [0.25, 0.3) is 11.1 Å². The second kappa shape index (κ2) is 5.13. The summed E-state index contributed by atoms with van der Waals surface area (Å²) in [5.74, 6) is -0.616. The number of nitrogens with zero attached hydrogens (tertiary/aromatic N) is 1. The Morgan fingerprint density at radius 3 is 2.88 bits per heavy atom. The third kappa shape index (κ3) is 2.44. The number of benzene rings is 2. The number of hydrogen-bond donors (Lipinski definition) is 2. The minimum Gasteiger partial charge on any atom is -0.408 e. The van der Waals surface area contributed by atoms with E-state index in [-0.39, 0.29) is 10.5 Å². The van der Waals surface area contributed by atoms with E-state index >= 15 is 0 Å². The fraction of sp³-hybridized carbons (Fsp3) is 0.188. The van der Waals surface area contributed by atoms with Crippen LogP contribution in [-0.2, 0) is 16.4 Å². The largest absolute Gasteiger partial charge is 0.417 e. The average molecular weight is 345 g/mol. The zero-order valence-corrected chi connectivity index (χ0v) is 13.7. The number of aromatic amines is 1. The number of likely N-dealkylation sites (N-methyl/N-ethyl adjacent to an activating group) is 1. The molecule has 0 spiro atoms. The molecule has 4 rings (SSSR count). The summed E-state index contributed by atoms with van der Waals surface area (Å²) < 4.78 is 32.6. The van der Waals surface area contributed by atoms with Crippen molar-refractivity contribution >= 4 is 32.5 Å². The monoisotopic (exact) mass is 345 g/mol. The highest BCUT2D eigenvalue weighted by Crippen LogP contribution is 2.30. The average Bonchev–Trinajstić information content (AvgIpc) is 3.08. The molecule has 1 aliphatic heterocycles. The van der Waals surface area contributed by atoms with Crippen molar-refractivity contribution in [3.05, 3.63) is 52.5 Å². The van der Waals surface area contributed by atoms with Gasteiger partial charge in [0.2, 0.25) is 0 Å². The smallest absolute Gasteiger partial charge is 0.408 e. The molecule has 0 radical (unpaired) electrons. The lowest BCUT2D eigenvalue weighted by Gasteiger charge is -2.13. The van der Waals surface area contributed by atoms with Gasteiger partial charge in [-0.2, -0.15) is 0 Å². The molecule has 3 aromatic rings. The van der Waals surface area contributed by atoms with Crippen LogP contribution in [0.15, 0.2) is 50.5 Å². The molecule has 2 N–H and O–H groups in total. The zero-order chi connectivity index (χ0) is 16.9. The maximum atomic E-state index is 12.6. The molecule has 0 atom stereocenters. The molecule has 124 valence electrons. The summed E-state index contributed by atoms with van der Waals surface area (Å²) in [5, 5.41) is 0. The topological polar surface area (TPSA) is 95.4 Å². The predicted molar refractivity (Wildman–Crippen MR) is 91.1 cm³/mol. The molecular weight excluding hydrogens is 330 g/mol. The van der Waals surface area contributed by atoms with E-state index in [0.29, 0.717) is 11.2 Å². The Morgan fingerprint density at radius 2 is 2.04 bits per heavy atom. The van der Waals surface area contributed by atoms with Gasteiger partial charge >= 0.3 is 5.76 Å². The molecule has 1 aliphatic rings. The minimum absolute atomic E-state index is 0.0374. The van der Waals surface area contributed by atoms with E-state index in [1.165, 1.54) is 18.2 Å². The van der Waals surface area contributed by atoms with Crippen molar-refractivity contribution in [2.75, 3.05) is 23.2 Å². The number of fused-ring (bicyclic) bond motifs is 2. The lowest BCUT2D eigenvalue weighted by Crippen LogP contribution is -2.13. The summed E-state index contributed by atoms with van der Waals surface area (Å²) >= 11 is 0. The first-order valence-corrected chi connectivity index (χ1v) is 8.90. The number of anilines is 2. The molecule has 2 aromatic carbocycles. The number of sulfonamides is 1. The Hall–Kier alpha value is -2.74. The summed E-state index contributed by atoms with van der Waals surface area (Å²) in [7, 11) is -1.76. The third-order valence-corrected chi connectivity index (χ3v) is 5.54. The molecule has 7 nitrogen and oxygen atoms in total. The molecule has 2 heterocycles. The third-order valence-electron chi connectivity index (χ3n) is 4.16. The highest BCUT2D eigenvalue weighted by molar-refractivity contribution is 7.92. The van der Waals surface area contributed by atoms with E-state index in [1.807, 2.05) is 19.2 Å². The van der Waals surface area contributed by atoms with Crippen molar-refractivity contribution < 1.29 is 12.8 Å². The van der Waals surface area contributed by atoms with E-state index in [4.69, 9.17) is 4.42 Å². The standard InChI is InChI=1S/C16H15N3O4S/c1-19-7-6-10-8-11(2-5-14(10)19)18-24(21,22)12-3-4-13-15(9-12)23-16(20)17-13/h2-5,8-9,18H,6-7H2,1H3,(H,17,20). The number of oxazole rings is 1. The highest BCUT2D eigenvalue weighted by atomic mass is 32.2. The van der Waals surface area contributed by atoms with Crippen LogP contribution in [0.4, 0.5) is 11.4 Å². The first-order chi connectivity index (χ1) is 11.4. The summed E-state index contributed by atoms with van der Waals surface area (Å²) in [6.45, 7) is 0.925. The molecule has 0 bridgehead atoms. The minimum atomic E-state index is -3.77. The van der Waals surface area contributed by atoms with Crippen molar-refractivity contribution in [2.45, 2.75) is 11.3 Å². The number of rotatable bonds is 3. The SMILES string of the molecule is CN1CCc2cc(NS(=O)(=O)c3ccc4[nH]c(=O)oc4c3)ccc21. The van der Waals surface area contributed by atoms with Crippen LogP contribution in [0, 0.1) is 0 Å². The first kappa shape index (κ1) is 14.8. The number of nitrogens with one attached hydrogen (secondary N) is 2. The lowest BCUT2D eigenvalue weighted by molar-refractivity contribution is 0.554. The number of H-pyrrole nitrogens is 1. The van der Waals surface area contributed by atoms with Crippen LogP contribution in [0.3, 0.4) is 0 Å². The Labute approximate surface area is 138 Å². The van der Waals surface area contributed by atoms with Crippen LogP contribution >= 0.6 is 0 Å². The number of hydrogen-bond acceptors (Lipinski definition) is 5. The van der Waals surface area contributed by atoms with Gasteiger partial charge in [0.25, 0.3) is 10.0 Å². The van der Waals surface area contributed by atoms with E-state index in [9.17, 15) is 13.2 Å². The maximum Gasteiger partial charge on any atom is 0.417 e. The maximum absolute atomic E-state index is 12.6. The zero-order valence-electron chi connectivity index (χ0n) is 12.9. The van der Waals surface area contributed by atoms with Crippen molar-refractivity contribution in [3.8, 4) is 0 Å². The van der Waals surface area contributed by atoms with Gasteiger partial charge in [0.15, 0.2) is 5.58 Å². The van der Waals surface area contributed by atoms with Gasteiger partial charge in [0.1, 0.15) is 0 Å². The van der Waals surface area contributed by atoms with Crippen molar-refractivity contribution in [3.63, 3.8) is 0 Å². The van der Waals surface area contributed by atoms with Gasteiger partial charge < -0.3 is 9.32 Å². The highest BCUT2D eigenvalue weighted by Gasteiger charge is 2.19. The number of aromatic nitrogens is 1. The fourth-order valence-corrected chi connectivity index (χ4v) is 4.00. The molecule has 8 heteroatoms. The molecule has 0 fully saturated rings. The molecular formula is C16H15N3O4S. The molecule has 24 heavy (non-hydrogen) atoms. The molecule has 0 amide bonds. The van der Waals surface area contributed by atoms with Gasteiger partial charge in [-0.15, -0.1) is 0 Å². The van der Waals surface area contributed by atoms with E-state index in [0.717, 1.165) is 24.2 Å².